The van der Waals surface area contributed by atoms with Crippen molar-refractivity contribution in [1.29, 1.82) is 0 Å². The number of hydrogen-bond acceptors (Lipinski definition) is 4. The molecule has 4 aromatic rings. The number of hydrogen-bond donors (Lipinski definition) is 2. The van der Waals surface area contributed by atoms with Crippen molar-refractivity contribution in [3.05, 3.63) is 60.3 Å². The van der Waals surface area contributed by atoms with Gasteiger partial charge in [-0.3, -0.25) is 0 Å². The topological polar surface area (TPSA) is 61.2 Å². The molecule has 1 aliphatic rings. The number of nitrogens with one attached hydrogen (secondary N) is 2. The van der Waals surface area contributed by atoms with Gasteiger partial charge in [0.05, 0.1) is 17.9 Å². The Morgan fingerprint density at radius 2 is 2.15 bits per heavy atom. The van der Waals surface area contributed by atoms with Gasteiger partial charge in [-0.05, 0) is 30.2 Å². The Kier molecular flexibility index (Phi) is 3.86. The summed E-state index contributed by atoms with van der Waals surface area (Å²) >= 11 is 0. The molecule has 2 N–H and O–H groups in total. The maximum Gasteiger partial charge on any atom is 0.139 e. The van der Waals surface area contributed by atoms with Crippen molar-refractivity contribution in [1.82, 2.24) is 24.7 Å². The van der Waals surface area contributed by atoms with Gasteiger partial charge in [0, 0.05) is 48.8 Å². The van der Waals surface area contributed by atoms with E-state index in [0.29, 0.717) is 5.92 Å². The van der Waals surface area contributed by atoms with Gasteiger partial charge in [0.25, 0.3) is 0 Å². The fraction of sp³-hybridized carbons (Fsp3) is 0.333. The summed E-state index contributed by atoms with van der Waals surface area (Å²) in [5.74, 6) is 0.397. The minimum atomic E-state index is 0.237. The van der Waals surface area contributed by atoms with E-state index in [4.69, 9.17) is 4.98 Å². The van der Waals surface area contributed by atoms with Crippen LogP contribution < -0.4 is 10.2 Å². The maximum atomic E-state index is 4.79. The number of fused-ring (bicyclic) bond motifs is 2. The fourth-order valence-corrected chi connectivity index (χ4v) is 3.97. The first-order valence-corrected chi connectivity index (χ1v) is 9.59. The average Bonchev–Trinajstić information content (AvgIpc) is 3.34. The molecule has 1 atom stereocenters. The van der Waals surface area contributed by atoms with Crippen molar-refractivity contribution in [2.24, 2.45) is 0 Å². The molecule has 0 aliphatic carbocycles. The van der Waals surface area contributed by atoms with E-state index in [0.717, 1.165) is 36.6 Å². The van der Waals surface area contributed by atoms with Crippen molar-refractivity contribution in [2.75, 3.05) is 24.5 Å². The van der Waals surface area contributed by atoms with Gasteiger partial charge in [-0.2, -0.15) is 0 Å². The quantitative estimate of drug-likeness (QED) is 0.587. The molecule has 0 spiro atoms. The van der Waals surface area contributed by atoms with E-state index in [1.54, 1.807) is 0 Å². The van der Waals surface area contributed by atoms with Crippen LogP contribution in [0.3, 0.4) is 0 Å². The van der Waals surface area contributed by atoms with E-state index >= 15 is 0 Å². The third-order valence-corrected chi connectivity index (χ3v) is 5.44. The molecular weight excluding hydrogens is 336 g/mol. The standard InChI is InChI=1S/C21H24N6/c1-14(2)16-11-18(15-6-7-23-21(15)25-16)26-10-8-22-17(13-26)19-12-24-20-5-3-4-9-27(19)20/h3-7,9,11-12,14,17,22H,8,10,13H2,1-2H3,(H,23,25). The van der Waals surface area contributed by atoms with Crippen LogP contribution in [0.25, 0.3) is 16.7 Å². The van der Waals surface area contributed by atoms with Crippen LogP contribution in [0.4, 0.5) is 5.69 Å². The summed E-state index contributed by atoms with van der Waals surface area (Å²) in [6.07, 6.45) is 6.07. The predicted octanol–water partition coefficient (Wildman–Crippen LogP) is 3.48. The predicted molar refractivity (Wildman–Crippen MR) is 108 cm³/mol. The lowest BCUT2D eigenvalue weighted by Crippen LogP contribution is -2.46. The Morgan fingerprint density at radius 1 is 1.22 bits per heavy atom. The highest BCUT2D eigenvalue weighted by Gasteiger charge is 2.25. The second-order valence-electron chi connectivity index (χ2n) is 7.53. The van der Waals surface area contributed by atoms with Gasteiger partial charge < -0.3 is 19.6 Å². The second-order valence-corrected chi connectivity index (χ2v) is 7.53. The molecule has 6 heteroatoms. The molecule has 0 saturated carbocycles. The van der Waals surface area contributed by atoms with Crippen molar-refractivity contribution in [3.8, 4) is 0 Å². The third-order valence-electron chi connectivity index (χ3n) is 5.44. The molecule has 138 valence electrons. The van der Waals surface area contributed by atoms with Gasteiger partial charge in [0.15, 0.2) is 0 Å². The van der Waals surface area contributed by atoms with E-state index in [1.165, 1.54) is 16.8 Å². The molecule has 4 aromatic heterocycles. The number of aromatic nitrogens is 4. The van der Waals surface area contributed by atoms with Crippen LogP contribution in [-0.4, -0.2) is 39.0 Å². The van der Waals surface area contributed by atoms with E-state index in [2.05, 4.69) is 62.8 Å². The van der Waals surface area contributed by atoms with Gasteiger partial charge >= 0.3 is 0 Å². The molecule has 5 rings (SSSR count). The number of imidazole rings is 1. The lowest BCUT2D eigenvalue weighted by atomic mass is 10.1. The first kappa shape index (κ1) is 16.3. The number of aromatic amines is 1. The molecule has 0 radical (unpaired) electrons. The molecule has 1 unspecified atom stereocenters. The molecule has 1 saturated heterocycles. The number of rotatable bonds is 3. The van der Waals surface area contributed by atoms with Crippen LogP contribution in [0.15, 0.2) is 48.9 Å². The highest BCUT2D eigenvalue weighted by Crippen LogP contribution is 2.31. The Hall–Kier alpha value is -2.86. The molecule has 27 heavy (non-hydrogen) atoms. The zero-order valence-electron chi connectivity index (χ0n) is 15.7. The highest BCUT2D eigenvalue weighted by molar-refractivity contribution is 5.90. The van der Waals surface area contributed by atoms with Crippen LogP contribution >= 0.6 is 0 Å². The summed E-state index contributed by atoms with van der Waals surface area (Å²) in [6.45, 7) is 7.22. The van der Waals surface area contributed by atoms with Gasteiger partial charge in [-0.15, -0.1) is 0 Å². The van der Waals surface area contributed by atoms with Crippen LogP contribution in [0, 0.1) is 0 Å². The summed E-state index contributed by atoms with van der Waals surface area (Å²) in [7, 11) is 0. The summed E-state index contributed by atoms with van der Waals surface area (Å²) in [5, 5.41) is 4.86. The summed E-state index contributed by atoms with van der Waals surface area (Å²) in [6, 6.07) is 10.8. The number of anilines is 1. The summed E-state index contributed by atoms with van der Waals surface area (Å²) in [4.78, 5) is 15.1. The lowest BCUT2D eigenvalue weighted by molar-refractivity contribution is 0.462. The molecule has 0 bridgehead atoms. The first-order chi connectivity index (χ1) is 13.2. The largest absolute Gasteiger partial charge is 0.368 e. The zero-order chi connectivity index (χ0) is 18.4. The average molecular weight is 360 g/mol. The SMILES string of the molecule is CC(C)c1cc(N2CCNC(c3cnc4ccccn34)C2)c2cc[nH]c2n1. The third kappa shape index (κ3) is 2.77. The van der Waals surface area contributed by atoms with Crippen molar-refractivity contribution < 1.29 is 0 Å². The van der Waals surface area contributed by atoms with Gasteiger partial charge in [-0.25, -0.2) is 9.97 Å². The lowest BCUT2D eigenvalue weighted by Gasteiger charge is -2.35. The minimum Gasteiger partial charge on any atom is -0.368 e. The Labute approximate surface area is 158 Å². The van der Waals surface area contributed by atoms with Crippen LogP contribution in [-0.2, 0) is 0 Å². The van der Waals surface area contributed by atoms with Crippen LogP contribution in [0.5, 0.6) is 0 Å². The number of pyridine rings is 2. The molecule has 0 aromatic carbocycles. The Bertz CT molecular complexity index is 1090. The summed E-state index contributed by atoms with van der Waals surface area (Å²) < 4.78 is 2.18. The second kappa shape index (κ2) is 6.39. The molecular formula is C21H24N6. The van der Waals surface area contributed by atoms with Crippen molar-refractivity contribution >= 4 is 22.4 Å². The fourth-order valence-electron chi connectivity index (χ4n) is 3.97. The normalized spacial score (nSPS) is 18.0. The van der Waals surface area contributed by atoms with Gasteiger partial charge in [0.2, 0.25) is 0 Å². The van der Waals surface area contributed by atoms with Gasteiger partial charge in [-0.1, -0.05) is 19.9 Å². The zero-order valence-corrected chi connectivity index (χ0v) is 15.7. The molecule has 1 fully saturated rings. The monoisotopic (exact) mass is 360 g/mol. The number of nitrogens with zero attached hydrogens (tertiary/aromatic N) is 4. The molecule has 5 heterocycles. The van der Waals surface area contributed by atoms with E-state index < -0.39 is 0 Å². The van der Waals surface area contributed by atoms with E-state index in [9.17, 15) is 0 Å². The smallest absolute Gasteiger partial charge is 0.139 e. The molecule has 0 amide bonds. The molecule has 1 aliphatic heterocycles. The van der Waals surface area contributed by atoms with Crippen molar-refractivity contribution in [2.45, 2.75) is 25.8 Å². The molecule has 6 nitrogen and oxygen atoms in total. The minimum absolute atomic E-state index is 0.237. The number of H-pyrrole nitrogens is 1. The van der Waals surface area contributed by atoms with Crippen LogP contribution in [0.2, 0.25) is 0 Å². The maximum absolute atomic E-state index is 4.79. The first-order valence-electron chi connectivity index (χ1n) is 9.59. The van der Waals surface area contributed by atoms with E-state index in [-0.39, 0.29) is 6.04 Å². The van der Waals surface area contributed by atoms with Crippen LogP contribution in [0.1, 0.15) is 37.2 Å². The van der Waals surface area contributed by atoms with Gasteiger partial charge in [0.1, 0.15) is 11.3 Å². The number of piperazine rings is 1. The summed E-state index contributed by atoms with van der Waals surface area (Å²) in [5.41, 5.74) is 5.57. The Morgan fingerprint density at radius 3 is 3.04 bits per heavy atom. The van der Waals surface area contributed by atoms with E-state index in [1.807, 2.05) is 24.5 Å². The Balaban J connectivity index is 1.53. The highest BCUT2D eigenvalue weighted by atomic mass is 15.2. The van der Waals surface area contributed by atoms with Crippen molar-refractivity contribution in [3.63, 3.8) is 0 Å².